The van der Waals surface area contributed by atoms with Gasteiger partial charge in [-0.3, -0.25) is 9.59 Å². The lowest BCUT2D eigenvalue weighted by Crippen LogP contribution is -2.32. The van der Waals surface area contributed by atoms with Crippen LogP contribution in [0.2, 0.25) is 0 Å². The number of benzene rings is 1. The van der Waals surface area contributed by atoms with Gasteiger partial charge in [0, 0.05) is 32.2 Å². The van der Waals surface area contributed by atoms with E-state index in [1.807, 2.05) is 0 Å². The molecule has 24 heavy (non-hydrogen) atoms. The van der Waals surface area contributed by atoms with Crippen LogP contribution in [0.15, 0.2) is 12.1 Å². The first-order valence-corrected chi connectivity index (χ1v) is 7.41. The van der Waals surface area contributed by atoms with E-state index in [0.717, 1.165) is 0 Å². The Balaban J connectivity index is 2.63. The van der Waals surface area contributed by atoms with Gasteiger partial charge < -0.3 is 29.6 Å². The van der Waals surface area contributed by atoms with E-state index in [1.165, 1.54) is 21.3 Å². The monoisotopic (exact) mass is 340 g/mol. The maximum atomic E-state index is 12.2. The largest absolute Gasteiger partial charge is 0.493 e. The number of hydrogen-bond acceptors (Lipinski definition) is 6. The molecule has 0 bridgehead atoms. The van der Waals surface area contributed by atoms with Crippen LogP contribution in [0.1, 0.15) is 16.8 Å². The zero-order chi connectivity index (χ0) is 17.9. The predicted octanol–water partition coefficient (Wildman–Crippen LogP) is 0.595. The van der Waals surface area contributed by atoms with E-state index in [0.29, 0.717) is 36.0 Å². The Morgan fingerprint density at radius 1 is 0.917 bits per heavy atom. The van der Waals surface area contributed by atoms with Gasteiger partial charge in [0.15, 0.2) is 11.5 Å². The van der Waals surface area contributed by atoms with Crippen molar-refractivity contribution in [2.45, 2.75) is 6.42 Å². The summed E-state index contributed by atoms with van der Waals surface area (Å²) in [6.45, 7) is 1.11. The zero-order valence-electron chi connectivity index (χ0n) is 14.4. The highest BCUT2D eigenvalue weighted by Crippen LogP contribution is 2.38. The van der Waals surface area contributed by atoms with Crippen molar-refractivity contribution in [3.63, 3.8) is 0 Å². The standard InChI is InChI=1S/C16H24N2O6/c1-21-8-7-17-14(19)5-6-18-16(20)11-9-12(22-2)15(24-4)13(10-11)23-3/h9-10H,5-8H2,1-4H3,(H,17,19)(H,18,20). The minimum atomic E-state index is -0.334. The first kappa shape index (κ1) is 19.6. The van der Waals surface area contributed by atoms with E-state index >= 15 is 0 Å². The summed E-state index contributed by atoms with van der Waals surface area (Å²) in [5, 5.41) is 5.35. The highest BCUT2D eigenvalue weighted by Gasteiger charge is 2.16. The van der Waals surface area contributed by atoms with Gasteiger partial charge in [0.1, 0.15) is 0 Å². The fourth-order valence-corrected chi connectivity index (χ4v) is 1.98. The van der Waals surface area contributed by atoms with E-state index < -0.39 is 0 Å². The summed E-state index contributed by atoms with van der Waals surface area (Å²) in [6, 6.07) is 3.10. The van der Waals surface area contributed by atoms with Crippen molar-refractivity contribution >= 4 is 11.8 Å². The van der Waals surface area contributed by atoms with Gasteiger partial charge in [0.05, 0.1) is 27.9 Å². The van der Waals surface area contributed by atoms with Gasteiger partial charge in [-0.2, -0.15) is 0 Å². The molecule has 0 aliphatic carbocycles. The van der Waals surface area contributed by atoms with Crippen molar-refractivity contribution in [2.75, 3.05) is 48.1 Å². The van der Waals surface area contributed by atoms with E-state index in [9.17, 15) is 9.59 Å². The molecule has 0 spiro atoms. The van der Waals surface area contributed by atoms with Crippen molar-refractivity contribution in [1.29, 1.82) is 0 Å². The average molecular weight is 340 g/mol. The summed E-state index contributed by atoms with van der Waals surface area (Å²) in [5.41, 5.74) is 0.351. The Morgan fingerprint density at radius 3 is 2.04 bits per heavy atom. The molecule has 0 saturated carbocycles. The molecule has 0 unspecified atom stereocenters. The fraction of sp³-hybridized carbons (Fsp3) is 0.500. The minimum absolute atomic E-state index is 0.155. The SMILES string of the molecule is COCCNC(=O)CCNC(=O)c1cc(OC)c(OC)c(OC)c1. The molecule has 0 saturated heterocycles. The van der Waals surface area contributed by atoms with Crippen LogP contribution in [-0.2, 0) is 9.53 Å². The molecule has 0 aliphatic rings. The predicted molar refractivity (Wildman–Crippen MR) is 87.9 cm³/mol. The Bertz CT molecular complexity index is 536. The van der Waals surface area contributed by atoms with Crippen LogP contribution in [-0.4, -0.2) is 59.9 Å². The van der Waals surface area contributed by atoms with Gasteiger partial charge in [-0.05, 0) is 12.1 Å². The van der Waals surface area contributed by atoms with Crippen LogP contribution in [0.5, 0.6) is 17.2 Å². The number of nitrogens with one attached hydrogen (secondary N) is 2. The van der Waals surface area contributed by atoms with Gasteiger partial charge in [-0.1, -0.05) is 0 Å². The van der Waals surface area contributed by atoms with E-state index in [-0.39, 0.29) is 24.8 Å². The lowest BCUT2D eigenvalue weighted by atomic mass is 10.1. The second-order valence-electron chi connectivity index (χ2n) is 4.76. The fourth-order valence-electron chi connectivity index (χ4n) is 1.98. The topological polar surface area (TPSA) is 95.1 Å². The molecular formula is C16H24N2O6. The van der Waals surface area contributed by atoms with Gasteiger partial charge in [0.25, 0.3) is 5.91 Å². The van der Waals surface area contributed by atoms with Crippen LogP contribution in [0.25, 0.3) is 0 Å². The van der Waals surface area contributed by atoms with Gasteiger partial charge in [-0.25, -0.2) is 0 Å². The van der Waals surface area contributed by atoms with Crippen LogP contribution >= 0.6 is 0 Å². The number of hydrogen-bond donors (Lipinski definition) is 2. The van der Waals surface area contributed by atoms with E-state index in [2.05, 4.69) is 10.6 Å². The highest BCUT2D eigenvalue weighted by molar-refractivity contribution is 5.95. The molecule has 8 nitrogen and oxygen atoms in total. The molecular weight excluding hydrogens is 316 g/mol. The summed E-state index contributed by atoms with van der Waals surface area (Å²) in [6.07, 6.45) is 0.180. The minimum Gasteiger partial charge on any atom is -0.493 e. The molecule has 0 atom stereocenters. The Labute approximate surface area is 141 Å². The first-order chi connectivity index (χ1) is 11.6. The molecule has 0 aliphatic heterocycles. The second kappa shape index (κ2) is 10.3. The molecule has 1 aromatic rings. The third-order valence-electron chi connectivity index (χ3n) is 3.19. The number of amides is 2. The lowest BCUT2D eigenvalue weighted by molar-refractivity contribution is -0.121. The van der Waals surface area contributed by atoms with Gasteiger partial charge in [0.2, 0.25) is 11.7 Å². The third-order valence-corrected chi connectivity index (χ3v) is 3.19. The molecule has 0 radical (unpaired) electrons. The molecule has 2 N–H and O–H groups in total. The Hall–Kier alpha value is -2.48. The molecule has 0 heterocycles. The van der Waals surface area contributed by atoms with Crippen molar-refractivity contribution in [1.82, 2.24) is 10.6 Å². The second-order valence-corrected chi connectivity index (χ2v) is 4.76. The smallest absolute Gasteiger partial charge is 0.251 e. The molecule has 134 valence electrons. The number of carbonyl (C=O) groups is 2. The summed E-state index contributed by atoms with van der Waals surface area (Å²) in [7, 11) is 6.00. The third kappa shape index (κ3) is 5.62. The summed E-state index contributed by atoms with van der Waals surface area (Å²) in [4.78, 5) is 23.8. The van der Waals surface area contributed by atoms with Crippen molar-refractivity contribution in [3.8, 4) is 17.2 Å². The molecule has 2 amide bonds. The molecule has 0 fully saturated rings. The number of ether oxygens (including phenoxy) is 4. The molecule has 1 aromatic carbocycles. The van der Waals surface area contributed by atoms with Gasteiger partial charge >= 0.3 is 0 Å². The molecule has 1 rings (SSSR count). The molecule has 0 aromatic heterocycles. The maximum absolute atomic E-state index is 12.2. The summed E-state index contributed by atoms with van der Waals surface area (Å²) >= 11 is 0. The van der Waals surface area contributed by atoms with Crippen LogP contribution in [0, 0.1) is 0 Å². The average Bonchev–Trinajstić information content (AvgIpc) is 2.60. The number of methoxy groups -OCH3 is 4. The first-order valence-electron chi connectivity index (χ1n) is 7.41. The Morgan fingerprint density at radius 2 is 1.54 bits per heavy atom. The number of rotatable bonds is 10. The number of carbonyl (C=O) groups excluding carboxylic acids is 2. The normalized spacial score (nSPS) is 10.0. The lowest BCUT2D eigenvalue weighted by Gasteiger charge is -2.14. The quantitative estimate of drug-likeness (QED) is 0.606. The van der Waals surface area contributed by atoms with Crippen molar-refractivity contribution in [2.24, 2.45) is 0 Å². The maximum Gasteiger partial charge on any atom is 0.251 e. The van der Waals surface area contributed by atoms with Crippen LogP contribution < -0.4 is 24.8 Å². The van der Waals surface area contributed by atoms with Crippen molar-refractivity contribution in [3.05, 3.63) is 17.7 Å². The highest BCUT2D eigenvalue weighted by atomic mass is 16.5. The van der Waals surface area contributed by atoms with E-state index in [4.69, 9.17) is 18.9 Å². The zero-order valence-corrected chi connectivity index (χ0v) is 14.4. The van der Waals surface area contributed by atoms with E-state index in [1.54, 1.807) is 19.2 Å². The Kier molecular flexibility index (Phi) is 8.42. The summed E-state index contributed by atoms with van der Waals surface area (Å²) in [5.74, 6) is 0.698. The van der Waals surface area contributed by atoms with Crippen LogP contribution in [0.3, 0.4) is 0 Å². The van der Waals surface area contributed by atoms with Crippen molar-refractivity contribution < 1.29 is 28.5 Å². The summed E-state index contributed by atoms with van der Waals surface area (Å²) < 4.78 is 20.5. The van der Waals surface area contributed by atoms with Gasteiger partial charge in [-0.15, -0.1) is 0 Å². The molecule has 8 heteroatoms. The van der Waals surface area contributed by atoms with Crippen LogP contribution in [0.4, 0.5) is 0 Å².